The van der Waals surface area contributed by atoms with E-state index in [0.29, 0.717) is 32.9 Å². The normalized spacial score (nSPS) is 16.6. The molecule has 7 rings (SSSR count). The molecule has 0 radical (unpaired) electrons. The number of hydrogen-bond donors (Lipinski definition) is 4. The zero-order valence-corrected chi connectivity index (χ0v) is 37.5. The number of nitrogen functional groups attached to an aromatic ring is 1. The molecule has 5 N–H and O–H groups in total. The number of benzene rings is 3. The molecule has 0 bridgehead atoms. The minimum atomic E-state index is -1.34. The smallest absolute Gasteiger partial charge is 0.407 e. The molecule has 0 aliphatic carbocycles. The van der Waals surface area contributed by atoms with Crippen LogP contribution in [0.2, 0.25) is 0 Å². The van der Waals surface area contributed by atoms with Crippen LogP contribution in [0.15, 0.2) is 116 Å². The number of thiazole rings is 1. The Balaban J connectivity index is 1.06. The second kappa shape index (κ2) is 19.7. The molecule has 2 aromatic heterocycles. The zero-order chi connectivity index (χ0) is 43.9. The second-order valence-corrected chi connectivity index (χ2v) is 19.7. The van der Waals surface area contributed by atoms with E-state index in [9.17, 15) is 24.3 Å². The van der Waals surface area contributed by atoms with Crippen LogP contribution in [-0.2, 0) is 40.4 Å². The summed E-state index contributed by atoms with van der Waals surface area (Å²) in [6.07, 6.45) is -0.501. The van der Waals surface area contributed by atoms with Crippen molar-refractivity contribution in [1.29, 1.82) is 0 Å². The average Bonchev–Trinajstić information content (AvgIpc) is 3.90. The Hall–Kier alpha value is -5.45. The van der Waals surface area contributed by atoms with E-state index >= 15 is 0 Å². The summed E-state index contributed by atoms with van der Waals surface area (Å²) in [5.74, 6) is -1.45. The Morgan fingerprint density at radius 1 is 0.984 bits per heavy atom. The van der Waals surface area contributed by atoms with Gasteiger partial charge in [-0.05, 0) is 54.1 Å². The summed E-state index contributed by atoms with van der Waals surface area (Å²) in [4.78, 5) is 70.4. The molecule has 4 heterocycles. The summed E-state index contributed by atoms with van der Waals surface area (Å²) in [5.41, 5.74) is 6.41. The van der Waals surface area contributed by atoms with Gasteiger partial charge in [0, 0.05) is 34.1 Å². The standard InChI is InChI=1S/C41H40N8O8S5/c1-40(2,3)55-39(54)43-19-20-58-21-28-37(62-48-46-28)61-29-23-59-35-31(34(51)49(35)32(29)36(52)53)45-33(50)30(27-22-60-38(42)44-27)47-57-56-41(24-13-7-4-8-14-24,25-15-9-5-10-16-25)26-17-11-6-12-18-26/h4-18,22,31,35H,19-21,23H2,1-3H3,(H2,42,44)(H,43,54)(H,45,50)(H,52,53)/t31-,35+/m1/s1. The van der Waals surface area contributed by atoms with Crippen LogP contribution in [0.5, 0.6) is 0 Å². The molecule has 62 heavy (non-hydrogen) atoms. The molecule has 0 spiro atoms. The van der Waals surface area contributed by atoms with Crippen molar-refractivity contribution in [2.45, 2.75) is 53.4 Å². The van der Waals surface area contributed by atoms with Crippen LogP contribution in [-0.4, -0.2) is 89.2 Å². The number of alkyl carbamates (subject to hydrolysis) is 1. The molecule has 2 aliphatic heterocycles. The van der Waals surface area contributed by atoms with E-state index in [2.05, 4.69) is 30.4 Å². The number of anilines is 1. The van der Waals surface area contributed by atoms with Gasteiger partial charge in [0.1, 0.15) is 32.6 Å². The first-order valence-corrected chi connectivity index (χ1v) is 23.6. The zero-order valence-electron chi connectivity index (χ0n) is 33.4. The van der Waals surface area contributed by atoms with Crippen molar-refractivity contribution in [1.82, 2.24) is 30.1 Å². The third-order valence-electron chi connectivity index (χ3n) is 9.12. The highest BCUT2D eigenvalue weighted by molar-refractivity contribution is 8.07. The van der Waals surface area contributed by atoms with E-state index < -0.39 is 46.5 Å². The largest absolute Gasteiger partial charge is 0.477 e. The summed E-state index contributed by atoms with van der Waals surface area (Å²) in [7, 11) is 0. The Morgan fingerprint density at radius 2 is 1.61 bits per heavy atom. The first kappa shape index (κ1) is 44.6. The minimum Gasteiger partial charge on any atom is -0.477 e. The van der Waals surface area contributed by atoms with Crippen molar-refractivity contribution in [3.05, 3.63) is 135 Å². The third-order valence-corrected chi connectivity index (χ3v) is 14.3. The lowest BCUT2D eigenvalue weighted by molar-refractivity contribution is -0.346. The third kappa shape index (κ3) is 10.1. The van der Waals surface area contributed by atoms with Crippen LogP contribution < -0.4 is 16.4 Å². The summed E-state index contributed by atoms with van der Waals surface area (Å²) >= 11 is 6.22. The molecular weight excluding hydrogens is 893 g/mol. The van der Waals surface area contributed by atoms with Gasteiger partial charge in [-0.2, -0.15) is 11.8 Å². The molecule has 21 heteroatoms. The molecular formula is C41H40N8O8S5. The fourth-order valence-electron chi connectivity index (χ4n) is 6.44. The number of carboxylic acid groups (broad SMARTS) is 1. The number of fused-ring (bicyclic) bond motifs is 1. The molecule has 16 nitrogen and oxygen atoms in total. The van der Waals surface area contributed by atoms with E-state index in [1.165, 1.54) is 45.6 Å². The quantitative estimate of drug-likeness (QED) is 0.0196. The minimum absolute atomic E-state index is 0.0782. The van der Waals surface area contributed by atoms with Gasteiger partial charge in [0.2, 0.25) is 0 Å². The monoisotopic (exact) mass is 932 g/mol. The van der Waals surface area contributed by atoms with Crippen LogP contribution in [0.1, 0.15) is 48.8 Å². The van der Waals surface area contributed by atoms with Crippen molar-refractivity contribution in [2.75, 3.05) is 23.8 Å². The van der Waals surface area contributed by atoms with E-state index in [4.69, 9.17) is 20.3 Å². The van der Waals surface area contributed by atoms with Crippen LogP contribution in [0.3, 0.4) is 0 Å². The number of β-lactam (4-membered cyclic amide) rings is 1. The van der Waals surface area contributed by atoms with Gasteiger partial charge in [0.15, 0.2) is 16.4 Å². The fourth-order valence-corrected chi connectivity index (χ4v) is 11.3. The van der Waals surface area contributed by atoms with Gasteiger partial charge in [-0.25, -0.2) is 19.6 Å². The molecule has 0 unspecified atom stereocenters. The highest BCUT2D eigenvalue weighted by Crippen LogP contribution is 2.47. The summed E-state index contributed by atoms with van der Waals surface area (Å²) in [6.45, 7) is 5.74. The lowest BCUT2D eigenvalue weighted by atomic mass is 9.80. The lowest BCUT2D eigenvalue weighted by Crippen LogP contribution is -2.71. The molecule has 3 aromatic carbocycles. The van der Waals surface area contributed by atoms with Gasteiger partial charge >= 0.3 is 12.1 Å². The topological polar surface area (TPSA) is 221 Å². The fraction of sp³-hybridized carbons (Fsp3) is 0.268. The number of nitrogens with one attached hydrogen (secondary N) is 2. The lowest BCUT2D eigenvalue weighted by Gasteiger charge is -2.49. The first-order valence-electron chi connectivity index (χ1n) is 18.9. The van der Waals surface area contributed by atoms with Gasteiger partial charge in [-0.15, -0.1) is 33.1 Å². The predicted octanol–water partition coefficient (Wildman–Crippen LogP) is 6.47. The Kier molecular flexibility index (Phi) is 14.2. The number of carbonyl (C=O) groups is 4. The number of aliphatic carboxylic acids is 1. The maximum Gasteiger partial charge on any atom is 0.407 e. The van der Waals surface area contributed by atoms with Crippen molar-refractivity contribution in [3.63, 3.8) is 0 Å². The number of thioether (sulfide) groups is 3. The molecule has 2 aliphatic rings. The highest BCUT2D eigenvalue weighted by Gasteiger charge is 2.55. The van der Waals surface area contributed by atoms with Crippen LogP contribution >= 0.6 is 58.2 Å². The number of ether oxygens (including phenoxy) is 1. The summed E-state index contributed by atoms with van der Waals surface area (Å²) in [6, 6.07) is 27.2. The maximum atomic E-state index is 14.1. The Morgan fingerprint density at radius 3 is 2.18 bits per heavy atom. The SMILES string of the molecule is CC(C)(C)OC(=O)NCCSCc1nnsc1SC1=C(C(=O)O)N2C(=O)[C@@H](NC(=O)C(=NOOC(c3ccccc3)(c3ccccc3)c3ccccc3)c3csc(N)n3)[C@@H]2SC1. The van der Waals surface area contributed by atoms with E-state index in [-0.39, 0.29) is 28.0 Å². The van der Waals surface area contributed by atoms with Gasteiger partial charge in [0.05, 0.1) is 5.69 Å². The molecule has 1 saturated heterocycles. The number of carbonyl (C=O) groups excluding carboxylic acids is 3. The number of oxime groups is 1. The van der Waals surface area contributed by atoms with Crippen molar-refractivity contribution in [2.24, 2.45) is 5.16 Å². The molecule has 0 saturated carbocycles. The second-order valence-electron chi connectivity index (χ2n) is 14.5. The molecule has 2 atom stereocenters. The summed E-state index contributed by atoms with van der Waals surface area (Å²) < 4.78 is 10.0. The van der Waals surface area contributed by atoms with Gasteiger partial charge in [-0.1, -0.05) is 107 Å². The van der Waals surface area contributed by atoms with Crippen LogP contribution in [0.4, 0.5) is 9.93 Å². The van der Waals surface area contributed by atoms with E-state index in [1.807, 2.05) is 91.0 Å². The Bertz CT molecular complexity index is 2370. The van der Waals surface area contributed by atoms with Crippen molar-refractivity contribution < 1.29 is 38.9 Å². The number of carboxylic acids is 1. The number of nitrogens with two attached hydrogens (primary N) is 1. The maximum absolute atomic E-state index is 14.1. The van der Waals surface area contributed by atoms with Crippen LogP contribution in [0.25, 0.3) is 0 Å². The first-order chi connectivity index (χ1) is 29.9. The number of aromatic nitrogens is 3. The number of rotatable bonds is 17. The Labute approximate surface area is 377 Å². The number of nitrogens with zero attached hydrogens (tertiary/aromatic N) is 5. The van der Waals surface area contributed by atoms with Crippen molar-refractivity contribution >= 4 is 92.9 Å². The molecule has 1 fully saturated rings. The van der Waals surface area contributed by atoms with Crippen molar-refractivity contribution in [3.8, 4) is 0 Å². The number of hydrogen-bond acceptors (Lipinski definition) is 17. The highest BCUT2D eigenvalue weighted by atomic mass is 32.2. The molecule has 5 aromatic rings. The molecule has 3 amide bonds. The van der Waals surface area contributed by atoms with E-state index in [1.54, 1.807) is 20.8 Å². The van der Waals surface area contributed by atoms with Gasteiger partial charge in [-0.3, -0.25) is 14.5 Å². The molecule has 322 valence electrons. The van der Waals surface area contributed by atoms with Gasteiger partial charge in [0.25, 0.3) is 11.8 Å². The average molecular weight is 933 g/mol. The van der Waals surface area contributed by atoms with Gasteiger partial charge < -0.3 is 26.2 Å². The predicted molar refractivity (Wildman–Crippen MR) is 240 cm³/mol. The summed E-state index contributed by atoms with van der Waals surface area (Å²) in [5, 5.41) is 25.2. The van der Waals surface area contributed by atoms with Crippen LogP contribution in [0, 0.1) is 0 Å². The van der Waals surface area contributed by atoms with E-state index in [0.717, 1.165) is 39.6 Å². The number of amides is 3.